The number of hydrogen-bond donors (Lipinski definition) is 1. The van der Waals surface area contributed by atoms with Crippen LogP contribution in [0.25, 0.3) is 10.2 Å². The molecule has 1 N–H and O–H groups in total. The van der Waals surface area contributed by atoms with E-state index < -0.39 is 5.97 Å². The Morgan fingerprint density at radius 2 is 1.81 bits per heavy atom. The van der Waals surface area contributed by atoms with Gasteiger partial charge < -0.3 is 24.3 Å². The molecule has 142 valence electrons. The minimum Gasteiger partial charge on any atom is -0.493 e. The number of aromatic nitrogens is 2. The first-order chi connectivity index (χ1) is 13.1. The van der Waals surface area contributed by atoms with Gasteiger partial charge in [-0.1, -0.05) is 0 Å². The Morgan fingerprint density at radius 1 is 1.11 bits per heavy atom. The van der Waals surface area contributed by atoms with Crippen LogP contribution in [0.5, 0.6) is 17.2 Å². The molecule has 8 nitrogen and oxygen atoms in total. The van der Waals surface area contributed by atoms with Crippen LogP contribution in [0.2, 0.25) is 0 Å². The molecule has 0 amide bonds. The molecule has 0 saturated heterocycles. The Balaban J connectivity index is 2.07. The number of nitrogens with zero attached hydrogens (tertiary/aromatic N) is 2. The predicted octanol–water partition coefficient (Wildman–Crippen LogP) is 3.64. The molecule has 2 aromatic heterocycles. The molecule has 0 radical (unpaired) electrons. The summed E-state index contributed by atoms with van der Waals surface area (Å²) >= 11 is 1.35. The zero-order valence-electron chi connectivity index (χ0n) is 15.4. The highest BCUT2D eigenvalue weighted by atomic mass is 32.1. The number of esters is 1. The average molecular weight is 389 g/mol. The predicted molar refractivity (Wildman–Crippen MR) is 103 cm³/mol. The van der Waals surface area contributed by atoms with Gasteiger partial charge in [0.2, 0.25) is 5.75 Å². The van der Waals surface area contributed by atoms with Crippen LogP contribution in [-0.2, 0) is 4.74 Å². The van der Waals surface area contributed by atoms with E-state index in [0.717, 1.165) is 0 Å². The lowest BCUT2D eigenvalue weighted by Gasteiger charge is -2.15. The van der Waals surface area contributed by atoms with Crippen LogP contribution in [0.15, 0.2) is 23.8 Å². The van der Waals surface area contributed by atoms with Crippen molar-refractivity contribution in [3.8, 4) is 17.2 Å². The summed E-state index contributed by atoms with van der Waals surface area (Å²) in [6.07, 6.45) is 1.44. The van der Waals surface area contributed by atoms with E-state index in [4.69, 9.17) is 18.9 Å². The summed E-state index contributed by atoms with van der Waals surface area (Å²) in [7, 11) is 4.63. The highest BCUT2D eigenvalue weighted by molar-refractivity contribution is 7.17. The summed E-state index contributed by atoms with van der Waals surface area (Å²) in [5, 5.41) is 5.53. The van der Waals surface area contributed by atoms with Crippen LogP contribution in [0.3, 0.4) is 0 Å². The number of methoxy groups -OCH3 is 3. The van der Waals surface area contributed by atoms with E-state index in [0.29, 0.717) is 51.1 Å². The minimum atomic E-state index is -0.411. The first-order valence-electron chi connectivity index (χ1n) is 8.09. The highest BCUT2D eigenvalue weighted by Gasteiger charge is 2.19. The van der Waals surface area contributed by atoms with E-state index in [2.05, 4.69) is 15.3 Å². The standard InChI is InChI=1S/C18H19N3O5S/c1-5-26-18(22)11-8-27-17-14(11)16(19-9-20-17)21-10-6-12(23-2)15(25-4)13(7-10)24-3/h6-9H,5H2,1-4H3,(H,19,20,21). The van der Waals surface area contributed by atoms with Gasteiger partial charge >= 0.3 is 5.97 Å². The molecule has 0 aliphatic heterocycles. The first-order valence-corrected chi connectivity index (χ1v) is 8.97. The molecule has 0 fully saturated rings. The maximum atomic E-state index is 12.3. The third-order valence-corrected chi connectivity index (χ3v) is 4.68. The summed E-state index contributed by atoms with van der Waals surface area (Å²) in [6.45, 7) is 2.05. The largest absolute Gasteiger partial charge is 0.493 e. The quantitative estimate of drug-likeness (QED) is 0.613. The molecule has 0 saturated carbocycles. The van der Waals surface area contributed by atoms with Gasteiger partial charge in [0.15, 0.2) is 11.5 Å². The zero-order valence-corrected chi connectivity index (χ0v) is 16.2. The van der Waals surface area contributed by atoms with Crippen LogP contribution < -0.4 is 19.5 Å². The molecule has 0 unspecified atom stereocenters. The summed E-state index contributed by atoms with van der Waals surface area (Å²) in [4.78, 5) is 21.5. The van der Waals surface area contributed by atoms with Gasteiger partial charge in [-0.3, -0.25) is 0 Å². The molecule has 0 spiro atoms. The number of nitrogens with one attached hydrogen (secondary N) is 1. The molecule has 0 bridgehead atoms. The third-order valence-electron chi connectivity index (χ3n) is 3.79. The van der Waals surface area contributed by atoms with Gasteiger partial charge in [-0.2, -0.15) is 0 Å². The van der Waals surface area contributed by atoms with Crippen molar-refractivity contribution in [2.24, 2.45) is 0 Å². The van der Waals surface area contributed by atoms with E-state index in [1.54, 1.807) is 45.8 Å². The minimum absolute atomic E-state index is 0.291. The summed E-state index contributed by atoms with van der Waals surface area (Å²) in [6, 6.07) is 3.51. The molecule has 3 aromatic rings. The van der Waals surface area contributed by atoms with Crippen molar-refractivity contribution in [1.82, 2.24) is 9.97 Å². The Bertz CT molecular complexity index is 948. The van der Waals surface area contributed by atoms with Crippen molar-refractivity contribution in [2.45, 2.75) is 6.92 Å². The lowest BCUT2D eigenvalue weighted by Crippen LogP contribution is -2.05. The van der Waals surface area contributed by atoms with E-state index >= 15 is 0 Å². The van der Waals surface area contributed by atoms with Crippen LogP contribution in [0.4, 0.5) is 11.5 Å². The molecule has 1 aromatic carbocycles. The molecule has 9 heteroatoms. The van der Waals surface area contributed by atoms with Crippen LogP contribution in [-0.4, -0.2) is 43.9 Å². The molecule has 0 aliphatic rings. The third kappa shape index (κ3) is 3.59. The lowest BCUT2D eigenvalue weighted by atomic mass is 10.2. The molecule has 2 heterocycles. The Morgan fingerprint density at radius 3 is 2.41 bits per heavy atom. The van der Waals surface area contributed by atoms with E-state index in [-0.39, 0.29) is 0 Å². The lowest BCUT2D eigenvalue weighted by molar-refractivity contribution is 0.0529. The fraction of sp³-hybridized carbons (Fsp3) is 0.278. The van der Waals surface area contributed by atoms with E-state index in [9.17, 15) is 4.79 Å². The van der Waals surface area contributed by atoms with Gasteiger partial charge in [-0.05, 0) is 6.92 Å². The number of carbonyl (C=O) groups is 1. The fourth-order valence-corrected chi connectivity index (χ4v) is 3.50. The highest BCUT2D eigenvalue weighted by Crippen LogP contribution is 2.41. The number of carbonyl (C=O) groups excluding carboxylic acids is 1. The summed E-state index contributed by atoms with van der Waals surface area (Å²) in [5.41, 5.74) is 1.08. The monoisotopic (exact) mass is 389 g/mol. The Hall–Kier alpha value is -3.07. The molecular formula is C18H19N3O5S. The number of anilines is 2. The molecular weight excluding hydrogens is 370 g/mol. The fourth-order valence-electron chi connectivity index (χ4n) is 2.62. The topological polar surface area (TPSA) is 91.8 Å². The second-order valence-electron chi connectivity index (χ2n) is 5.31. The number of thiophene rings is 1. The van der Waals surface area contributed by atoms with E-state index in [1.807, 2.05) is 0 Å². The van der Waals surface area contributed by atoms with Crippen molar-refractivity contribution in [3.63, 3.8) is 0 Å². The first kappa shape index (κ1) is 18.7. The van der Waals surface area contributed by atoms with Gasteiger partial charge in [-0.15, -0.1) is 11.3 Å². The normalized spacial score (nSPS) is 10.5. The maximum Gasteiger partial charge on any atom is 0.339 e. The average Bonchev–Trinajstić information content (AvgIpc) is 3.12. The number of hydrogen-bond acceptors (Lipinski definition) is 9. The van der Waals surface area contributed by atoms with Crippen molar-refractivity contribution in [3.05, 3.63) is 29.4 Å². The summed E-state index contributed by atoms with van der Waals surface area (Å²) in [5.74, 6) is 1.56. The number of fused-ring (bicyclic) bond motifs is 1. The molecule has 3 rings (SSSR count). The second kappa shape index (κ2) is 8.09. The Kier molecular flexibility index (Phi) is 5.60. The molecule has 0 atom stereocenters. The van der Waals surface area contributed by atoms with Crippen LogP contribution in [0, 0.1) is 0 Å². The smallest absolute Gasteiger partial charge is 0.339 e. The van der Waals surface area contributed by atoms with Crippen LogP contribution in [0.1, 0.15) is 17.3 Å². The van der Waals surface area contributed by atoms with Gasteiger partial charge in [0.1, 0.15) is 17.0 Å². The number of ether oxygens (including phenoxy) is 4. The second-order valence-corrected chi connectivity index (χ2v) is 6.17. The zero-order chi connectivity index (χ0) is 19.4. The van der Waals surface area contributed by atoms with Gasteiger partial charge in [-0.25, -0.2) is 14.8 Å². The van der Waals surface area contributed by atoms with Crippen molar-refractivity contribution >= 4 is 39.0 Å². The molecule has 0 aliphatic carbocycles. The van der Waals surface area contributed by atoms with Gasteiger partial charge in [0.05, 0.1) is 38.9 Å². The Labute approximate surface area is 160 Å². The maximum absolute atomic E-state index is 12.3. The van der Waals surface area contributed by atoms with E-state index in [1.165, 1.54) is 17.7 Å². The molecule has 27 heavy (non-hydrogen) atoms. The number of benzene rings is 1. The number of rotatable bonds is 7. The van der Waals surface area contributed by atoms with Gasteiger partial charge in [0, 0.05) is 23.2 Å². The van der Waals surface area contributed by atoms with Gasteiger partial charge in [0.25, 0.3) is 0 Å². The summed E-state index contributed by atoms with van der Waals surface area (Å²) < 4.78 is 21.2. The van der Waals surface area contributed by atoms with Crippen molar-refractivity contribution < 1.29 is 23.7 Å². The van der Waals surface area contributed by atoms with Crippen LogP contribution >= 0.6 is 11.3 Å². The van der Waals surface area contributed by atoms with Crippen molar-refractivity contribution in [2.75, 3.05) is 33.3 Å². The van der Waals surface area contributed by atoms with Crippen molar-refractivity contribution in [1.29, 1.82) is 0 Å². The SMILES string of the molecule is CCOC(=O)c1csc2ncnc(Nc3cc(OC)c(OC)c(OC)c3)c12.